The number of thiol groups is 1. The maximum atomic E-state index is 11.2. The molecule has 0 aromatic heterocycles. The number of carbonyl (C=O) groups excluding carboxylic acids is 2. The van der Waals surface area contributed by atoms with E-state index in [0.717, 1.165) is 0 Å². The zero-order chi connectivity index (χ0) is 12.0. The van der Waals surface area contributed by atoms with Crippen molar-refractivity contribution in [2.75, 3.05) is 6.54 Å². The first kappa shape index (κ1) is 13.9. The topological polar surface area (TPSA) is 109 Å². The quantitative estimate of drug-likeness (QED) is 0.441. The van der Waals surface area contributed by atoms with Crippen LogP contribution in [-0.2, 0) is 14.4 Å². The Hall–Kier alpha value is -1.08. The zero-order valence-corrected chi connectivity index (χ0v) is 9.16. The SMILES string of the molecule is CC(CC(=O)N[C@H](CN)C(=O)S)C(=O)O. The van der Waals surface area contributed by atoms with Crippen LogP contribution in [-0.4, -0.2) is 34.7 Å². The van der Waals surface area contributed by atoms with E-state index >= 15 is 0 Å². The monoisotopic (exact) mass is 234 g/mol. The van der Waals surface area contributed by atoms with Crippen molar-refractivity contribution in [2.24, 2.45) is 11.7 Å². The zero-order valence-electron chi connectivity index (χ0n) is 8.27. The van der Waals surface area contributed by atoms with E-state index in [1.54, 1.807) is 0 Å². The lowest BCUT2D eigenvalue weighted by molar-refractivity contribution is -0.143. The van der Waals surface area contributed by atoms with Gasteiger partial charge < -0.3 is 16.2 Å². The van der Waals surface area contributed by atoms with Gasteiger partial charge in [0.15, 0.2) is 0 Å². The highest BCUT2D eigenvalue weighted by molar-refractivity contribution is 7.96. The van der Waals surface area contributed by atoms with Gasteiger partial charge in [-0.2, -0.15) is 0 Å². The number of nitrogens with two attached hydrogens (primary N) is 1. The van der Waals surface area contributed by atoms with Gasteiger partial charge in [0.1, 0.15) is 6.04 Å². The van der Waals surface area contributed by atoms with E-state index < -0.39 is 29.0 Å². The summed E-state index contributed by atoms with van der Waals surface area (Å²) < 4.78 is 0. The lowest BCUT2D eigenvalue weighted by Gasteiger charge is -2.13. The van der Waals surface area contributed by atoms with E-state index in [1.165, 1.54) is 6.92 Å². The van der Waals surface area contributed by atoms with Crippen LogP contribution in [0.2, 0.25) is 0 Å². The number of hydrogen-bond donors (Lipinski definition) is 4. The van der Waals surface area contributed by atoms with Gasteiger partial charge in [0.05, 0.1) is 5.92 Å². The molecule has 0 heterocycles. The Kier molecular flexibility index (Phi) is 5.95. The molecule has 0 radical (unpaired) electrons. The maximum Gasteiger partial charge on any atom is 0.306 e. The number of hydrogen-bond acceptors (Lipinski definition) is 4. The number of carbonyl (C=O) groups is 3. The standard InChI is InChI=1S/C8H14N2O4S/c1-4(7(12)13)2-6(11)10-5(3-9)8(14)15/h4-5H,2-3,9H2,1H3,(H,10,11)(H,12,13)(H,14,15)/t4?,5-/m1/s1. The molecule has 0 fully saturated rings. The third-order valence-corrected chi connectivity index (χ3v) is 2.09. The van der Waals surface area contributed by atoms with Crippen LogP contribution >= 0.6 is 12.6 Å². The fourth-order valence-electron chi connectivity index (χ4n) is 0.840. The van der Waals surface area contributed by atoms with Crippen molar-refractivity contribution in [3.8, 4) is 0 Å². The van der Waals surface area contributed by atoms with Crippen molar-refractivity contribution in [3.05, 3.63) is 0 Å². The predicted octanol–water partition coefficient (Wildman–Crippen LogP) is -1.00. The van der Waals surface area contributed by atoms with Crippen LogP contribution in [0.3, 0.4) is 0 Å². The number of rotatable bonds is 6. The Morgan fingerprint density at radius 3 is 2.33 bits per heavy atom. The molecule has 0 aliphatic rings. The Bertz CT molecular complexity index is 269. The molecule has 0 aromatic rings. The first-order valence-corrected chi connectivity index (χ1v) is 4.78. The summed E-state index contributed by atoms with van der Waals surface area (Å²) in [6, 6.07) is -0.859. The molecule has 0 saturated carbocycles. The molecule has 6 nitrogen and oxygen atoms in total. The third-order valence-electron chi connectivity index (χ3n) is 1.78. The van der Waals surface area contributed by atoms with Crippen molar-refractivity contribution in [1.29, 1.82) is 0 Å². The molecule has 0 aliphatic carbocycles. The molecule has 4 N–H and O–H groups in total. The first-order valence-electron chi connectivity index (χ1n) is 4.33. The fraction of sp³-hybridized carbons (Fsp3) is 0.625. The number of nitrogens with one attached hydrogen (secondary N) is 1. The van der Waals surface area contributed by atoms with Crippen LogP contribution in [0.1, 0.15) is 13.3 Å². The molecule has 2 atom stereocenters. The van der Waals surface area contributed by atoms with E-state index in [9.17, 15) is 14.4 Å². The van der Waals surface area contributed by atoms with Gasteiger partial charge in [0, 0.05) is 13.0 Å². The lowest BCUT2D eigenvalue weighted by atomic mass is 10.1. The van der Waals surface area contributed by atoms with Gasteiger partial charge in [-0.1, -0.05) is 6.92 Å². The summed E-state index contributed by atoms with van der Waals surface area (Å²) in [5, 5.41) is 10.3. The van der Waals surface area contributed by atoms with Crippen molar-refractivity contribution in [2.45, 2.75) is 19.4 Å². The van der Waals surface area contributed by atoms with E-state index in [1.807, 2.05) is 0 Å². The van der Waals surface area contributed by atoms with Crippen molar-refractivity contribution < 1.29 is 19.5 Å². The highest BCUT2D eigenvalue weighted by atomic mass is 32.1. The summed E-state index contributed by atoms with van der Waals surface area (Å²) in [5.41, 5.74) is 5.21. The summed E-state index contributed by atoms with van der Waals surface area (Å²) in [4.78, 5) is 32.4. The molecule has 15 heavy (non-hydrogen) atoms. The Morgan fingerprint density at radius 2 is 2.00 bits per heavy atom. The smallest absolute Gasteiger partial charge is 0.306 e. The maximum absolute atomic E-state index is 11.2. The molecule has 0 bridgehead atoms. The number of carboxylic acids is 1. The van der Waals surface area contributed by atoms with Gasteiger partial charge in [-0.25, -0.2) is 0 Å². The summed E-state index contributed by atoms with van der Waals surface area (Å²) >= 11 is 3.53. The molecule has 0 aliphatic heterocycles. The second-order valence-electron chi connectivity index (χ2n) is 3.14. The van der Waals surface area contributed by atoms with Crippen LogP contribution in [0.25, 0.3) is 0 Å². The summed E-state index contributed by atoms with van der Waals surface area (Å²) in [6.45, 7) is 1.34. The third kappa shape index (κ3) is 5.38. The van der Waals surface area contributed by atoms with Gasteiger partial charge in [-0.05, 0) is 0 Å². The highest BCUT2D eigenvalue weighted by Gasteiger charge is 2.20. The highest BCUT2D eigenvalue weighted by Crippen LogP contribution is 2.02. The minimum absolute atomic E-state index is 0.0600. The van der Waals surface area contributed by atoms with E-state index in [0.29, 0.717) is 0 Å². The Morgan fingerprint density at radius 1 is 1.47 bits per heavy atom. The molecule has 7 heteroatoms. The summed E-state index contributed by atoms with van der Waals surface area (Å²) in [7, 11) is 0. The van der Waals surface area contributed by atoms with Crippen LogP contribution in [0.15, 0.2) is 0 Å². The second-order valence-corrected chi connectivity index (χ2v) is 3.58. The van der Waals surface area contributed by atoms with Gasteiger partial charge in [0.2, 0.25) is 11.0 Å². The first-order chi connectivity index (χ1) is 6.88. The minimum atomic E-state index is -1.06. The van der Waals surface area contributed by atoms with E-state index in [-0.39, 0.29) is 13.0 Å². The van der Waals surface area contributed by atoms with Crippen LogP contribution in [0.5, 0.6) is 0 Å². The largest absolute Gasteiger partial charge is 0.481 e. The average molecular weight is 234 g/mol. The van der Waals surface area contributed by atoms with Crippen LogP contribution < -0.4 is 11.1 Å². The average Bonchev–Trinajstić information content (AvgIpc) is 2.13. The van der Waals surface area contributed by atoms with Crippen molar-refractivity contribution in [1.82, 2.24) is 5.32 Å². The van der Waals surface area contributed by atoms with Gasteiger partial charge in [0.25, 0.3) is 0 Å². The Labute approximate surface area is 92.6 Å². The molecule has 1 unspecified atom stereocenters. The normalized spacial score (nSPS) is 14.1. The molecule has 86 valence electrons. The number of aliphatic carboxylic acids is 1. The fourth-order valence-corrected chi connectivity index (χ4v) is 1.01. The molecule has 1 amide bonds. The second kappa shape index (κ2) is 6.41. The van der Waals surface area contributed by atoms with Crippen molar-refractivity contribution >= 4 is 29.6 Å². The minimum Gasteiger partial charge on any atom is -0.481 e. The van der Waals surface area contributed by atoms with E-state index in [2.05, 4.69) is 17.9 Å². The molecule has 0 aromatic carbocycles. The number of carboxylic acid groups (broad SMARTS) is 1. The van der Waals surface area contributed by atoms with Crippen LogP contribution in [0.4, 0.5) is 0 Å². The molecule has 0 saturated heterocycles. The molecular formula is C8H14N2O4S. The lowest BCUT2D eigenvalue weighted by Crippen LogP contribution is -2.44. The Balaban J connectivity index is 4.13. The molecule has 0 rings (SSSR count). The van der Waals surface area contributed by atoms with Gasteiger partial charge in [-0.3, -0.25) is 14.4 Å². The van der Waals surface area contributed by atoms with Crippen molar-refractivity contribution in [3.63, 3.8) is 0 Å². The van der Waals surface area contributed by atoms with Gasteiger partial charge in [-0.15, -0.1) is 12.6 Å². The predicted molar refractivity (Wildman–Crippen MR) is 56.4 cm³/mol. The van der Waals surface area contributed by atoms with Crippen LogP contribution in [0, 0.1) is 5.92 Å². The molecule has 0 spiro atoms. The van der Waals surface area contributed by atoms with E-state index in [4.69, 9.17) is 10.8 Å². The summed E-state index contributed by atoms with van der Waals surface area (Å²) in [5.74, 6) is -2.38. The molecular weight excluding hydrogens is 220 g/mol. The number of amides is 1. The van der Waals surface area contributed by atoms with Gasteiger partial charge >= 0.3 is 5.97 Å². The summed E-state index contributed by atoms with van der Waals surface area (Å²) in [6.07, 6.45) is -0.188.